The molecule has 44 heavy (non-hydrogen) atoms. The molecule has 0 fully saturated rings. The fourth-order valence-corrected chi connectivity index (χ4v) is 5.11. The van der Waals surface area contributed by atoms with Crippen LogP contribution < -0.4 is 16.0 Å². The van der Waals surface area contributed by atoms with Crippen LogP contribution in [0.15, 0.2) is 109 Å². The number of carboxylic acids is 1. The van der Waals surface area contributed by atoms with Gasteiger partial charge in [-0.3, -0.25) is 14.4 Å². The summed E-state index contributed by atoms with van der Waals surface area (Å²) in [6.45, 7) is 0. The van der Waals surface area contributed by atoms with E-state index in [1.54, 1.807) is 54.7 Å². The number of para-hydroxylation sites is 4. The average Bonchev–Trinajstić information content (AvgIpc) is 3.66. The van der Waals surface area contributed by atoms with Crippen molar-refractivity contribution in [3.63, 3.8) is 0 Å². The second-order valence-corrected chi connectivity index (χ2v) is 10.2. The van der Waals surface area contributed by atoms with Crippen LogP contribution in [0, 0.1) is 0 Å². The third-order valence-electron chi connectivity index (χ3n) is 7.32. The number of carboxylic acid groups (broad SMARTS) is 1. The van der Waals surface area contributed by atoms with Crippen molar-refractivity contribution in [2.45, 2.75) is 12.5 Å². The number of nitrogens with one attached hydrogen (secondary N) is 5. The van der Waals surface area contributed by atoms with Gasteiger partial charge in [0.1, 0.15) is 11.7 Å². The molecular weight excluding hydrogens is 558 g/mol. The number of hydrogen-bond donors (Lipinski definition) is 6. The molecule has 0 aliphatic rings. The number of rotatable bonds is 9. The van der Waals surface area contributed by atoms with Crippen LogP contribution in [-0.2, 0) is 11.2 Å². The minimum atomic E-state index is -1.22. The molecule has 0 spiro atoms. The molecule has 2 heterocycles. The summed E-state index contributed by atoms with van der Waals surface area (Å²) in [7, 11) is 0. The van der Waals surface area contributed by atoms with Crippen LogP contribution in [0.2, 0.25) is 0 Å². The molecular formula is C34H27N5O5. The van der Waals surface area contributed by atoms with Crippen LogP contribution in [-0.4, -0.2) is 44.8 Å². The zero-order valence-electron chi connectivity index (χ0n) is 23.3. The molecule has 0 radical (unpaired) electrons. The van der Waals surface area contributed by atoms with Gasteiger partial charge in [0.2, 0.25) is 0 Å². The number of benzene rings is 4. The second kappa shape index (κ2) is 12.0. The SMILES string of the molecule is O=C(Nc1ccccc1C(=O)Nc1ccccc1C(=O)N[C@@H](Cc1c[nH]c2ccccc12)C(=O)O)c1cc2ccccc2[nH]1. The van der Waals surface area contributed by atoms with E-state index < -0.39 is 29.7 Å². The number of fused-ring (bicyclic) bond motifs is 2. The van der Waals surface area contributed by atoms with Gasteiger partial charge >= 0.3 is 5.97 Å². The van der Waals surface area contributed by atoms with Crippen LogP contribution in [0.1, 0.15) is 36.8 Å². The van der Waals surface area contributed by atoms with Crippen molar-refractivity contribution in [3.8, 4) is 0 Å². The summed E-state index contributed by atoms with van der Waals surface area (Å²) in [5, 5.41) is 19.8. The van der Waals surface area contributed by atoms with E-state index in [4.69, 9.17) is 0 Å². The number of anilines is 2. The zero-order chi connectivity index (χ0) is 30.6. The summed E-state index contributed by atoms with van der Waals surface area (Å²) >= 11 is 0. The van der Waals surface area contributed by atoms with E-state index in [0.29, 0.717) is 5.69 Å². The van der Waals surface area contributed by atoms with Gasteiger partial charge in [-0.05, 0) is 48.0 Å². The van der Waals surface area contributed by atoms with Crippen molar-refractivity contribution in [1.82, 2.24) is 15.3 Å². The molecule has 4 aromatic carbocycles. The molecule has 0 saturated heterocycles. The van der Waals surface area contributed by atoms with E-state index >= 15 is 0 Å². The first-order valence-corrected chi connectivity index (χ1v) is 13.8. The maximum absolute atomic E-state index is 13.4. The lowest BCUT2D eigenvalue weighted by atomic mass is 10.0. The van der Waals surface area contributed by atoms with Crippen LogP contribution in [0.5, 0.6) is 0 Å². The number of amides is 3. The topological polar surface area (TPSA) is 156 Å². The van der Waals surface area contributed by atoms with Crippen molar-refractivity contribution in [1.29, 1.82) is 0 Å². The molecule has 10 nitrogen and oxygen atoms in total. The molecule has 2 aromatic heterocycles. The normalized spacial score (nSPS) is 11.6. The van der Waals surface area contributed by atoms with Gasteiger partial charge in [-0.1, -0.05) is 60.7 Å². The minimum Gasteiger partial charge on any atom is -0.480 e. The number of H-pyrrole nitrogens is 2. The highest BCUT2D eigenvalue weighted by molar-refractivity contribution is 6.14. The fraction of sp³-hybridized carbons (Fsp3) is 0.0588. The van der Waals surface area contributed by atoms with E-state index in [1.165, 1.54) is 6.07 Å². The van der Waals surface area contributed by atoms with E-state index in [-0.39, 0.29) is 28.9 Å². The quantitative estimate of drug-likeness (QED) is 0.131. The summed E-state index contributed by atoms with van der Waals surface area (Å²) in [5.41, 5.74) is 3.49. The first-order valence-electron chi connectivity index (χ1n) is 13.8. The van der Waals surface area contributed by atoms with Gasteiger partial charge in [0.15, 0.2) is 0 Å². The number of carbonyl (C=O) groups is 4. The van der Waals surface area contributed by atoms with Gasteiger partial charge < -0.3 is 31.0 Å². The van der Waals surface area contributed by atoms with Gasteiger partial charge in [0, 0.05) is 34.4 Å². The molecule has 218 valence electrons. The second-order valence-electron chi connectivity index (χ2n) is 10.2. The summed E-state index contributed by atoms with van der Waals surface area (Å²) in [6.07, 6.45) is 1.79. The van der Waals surface area contributed by atoms with Crippen molar-refractivity contribution >= 4 is 56.9 Å². The molecule has 1 atom stereocenters. The predicted octanol–water partition coefficient (Wildman–Crippen LogP) is 5.58. The van der Waals surface area contributed by atoms with Crippen LogP contribution in [0.25, 0.3) is 21.8 Å². The molecule has 6 N–H and O–H groups in total. The molecule has 3 amide bonds. The summed E-state index contributed by atoms with van der Waals surface area (Å²) in [5.74, 6) is -2.83. The predicted molar refractivity (Wildman–Crippen MR) is 168 cm³/mol. The Morgan fingerprint density at radius 3 is 1.98 bits per heavy atom. The van der Waals surface area contributed by atoms with Gasteiger partial charge in [0.05, 0.1) is 22.5 Å². The molecule has 6 aromatic rings. The lowest BCUT2D eigenvalue weighted by Gasteiger charge is -2.17. The van der Waals surface area contributed by atoms with Gasteiger partial charge in [0.25, 0.3) is 17.7 Å². The van der Waals surface area contributed by atoms with E-state index in [9.17, 15) is 24.3 Å². The van der Waals surface area contributed by atoms with Gasteiger partial charge in [-0.2, -0.15) is 0 Å². The smallest absolute Gasteiger partial charge is 0.326 e. The average molecular weight is 586 g/mol. The first-order chi connectivity index (χ1) is 21.4. The summed E-state index contributed by atoms with van der Waals surface area (Å²) < 4.78 is 0. The van der Waals surface area contributed by atoms with Crippen LogP contribution in [0.3, 0.4) is 0 Å². The first kappa shape index (κ1) is 28.0. The standard InChI is InChI=1S/C34H27N5O5/c40-31(24-12-4-8-16-28(24)38-33(42)29-17-20-9-1-5-13-25(20)36-29)37-27-15-7-3-11-23(27)32(41)39-30(34(43)44)18-21-19-35-26-14-6-2-10-22(21)26/h1-17,19,30,35-36H,18H2,(H,37,40)(H,38,42)(H,39,41)(H,43,44)/t30-/m0/s1. The molecule has 10 heteroatoms. The number of carbonyl (C=O) groups excluding carboxylic acids is 3. The highest BCUT2D eigenvalue weighted by atomic mass is 16.4. The molecule has 0 saturated carbocycles. The van der Waals surface area contributed by atoms with E-state index in [2.05, 4.69) is 25.9 Å². The van der Waals surface area contributed by atoms with Crippen molar-refractivity contribution < 1.29 is 24.3 Å². The third-order valence-corrected chi connectivity index (χ3v) is 7.32. The largest absolute Gasteiger partial charge is 0.480 e. The summed E-state index contributed by atoms with van der Waals surface area (Å²) in [6, 6.07) is 28.3. The monoisotopic (exact) mass is 585 g/mol. The Labute approximate surface area is 251 Å². The highest BCUT2D eigenvalue weighted by Gasteiger charge is 2.24. The van der Waals surface area contributed by atoms with Crippen LogP contribution >= 0.6 is 0 Å². The van der Waals surface area contributed by atoms with Gasteiger partial charge in [-0.15, -0.1) is 0 Å². The Hall–Kier alpha value is -6.16. The Kier molecular flexibility index (Phi) is 7.62. The lowest BCUT2D eigenvalue weighted by molar-refractivity contribution is -0.139. The van der Waals surface area contributed by atoms with E-state index in [0.717, 1.165) is 27.4 Å². The number of aromatic amines is 2. The minimum absolute atomic E-state index is 0.0586. The molecule has 0 aliphatic heterocycles. The lowest BCUT2D eigenvalue weighted by Crippen LogP contribution is -2.42. The number of aromatic nitrogens is 2. The number of hydrogen-bond acceptors (Lipinski definition) is 4. The van der Waals surface area contributed by atoms with Crippen molar-refractivity contribution in [3.05, 3.63) is 132 Å². The Balaban J connectivity index is 1.19. The number of aliphatic carboxylic acids is 1. The van der Waals surface area contributed by atoms with Crippen molar-refractivity contribution in [2.24, 2.45) is 0 Å². The molecule has 0 unspecified atom stereocenters. The van der Waals surface area contributed by atoms with Crippen molar-refractivity contribution in [2.75, 3.05) is 10.6 Å². The maximum Gasteiger partial charge on any atom is 0.326 e. The maximum atomic E-state index is 13.4. The molecule has 0 aliphatic carbocycles. The Bertz CT molecular complexity index is 2010. The Morgan fingerprint density at radius 2 is 1.27 bits per heavy atom. The molecule has 6 rings (SSSR count). The van der Waals surface area contributed by atoms with Gasteiger partial charge in [-0.25, -0.2) is 4.79 Å². The summed E-state index contributed by atoms with van der Waals surface area (Å²) in [4.78, 5) is 58.1. The zero-order valence-corrected chi connectivity index (χ0v) is 23.3. The van der Waals surface area contributed by atoms with Crippen LogP contribution in [0.4, 0.5) is 11.4 Å². The Morgan fingerprint density at radius 1 is 0.682 bits per heavy atom. The molecule has 0 bridgehead atoms. The highest BCUT2D eigenvalue weighted by Crippen LogP contribution is 2.23. The third kappa shape index (κ3) is 5.77. The fourth-order valence-electron chi connectivity index (χ4n) is 5.11. The van der Waals surface area contributed by atoms with E-state index in [1.807, 2.05) is 48.5 Å².